The van der Waals surface area contributed by atoms with Gasteiger partial charge in [-0.3, -0.25) is 0 Å². The second kappa shape index (κ2) is 7.54. The third-order valence-corrected chi connectivity index (χ3v) is 6.68. The average Bonchev–Trinajstić information content (AvgIpc) is 3.05. The first-order valence-electron chi connectivity index (χ1n) is 8.21. The third-order valence-electron chi connectivity index (χ3n) is 4.32. The minimum absolute atomic E-state index is 0.0441. The molecular weight excluding hydrogens is 409 g/mol. The van der Waals surface area contributed by atoms with Gasteiger partial charge in [0, 0.05) is 27.1 Å². The van der Waals surface area contributed by atoms with Crippen molar-refractivity contribution in [1.82, 2.24) is 0 Å². The number of hydrogen-bond donors (Lipinski definition) is 0. The lowest BCUT2D eigenvalue weighted by Gasteiger charge is -2.26. The zero-order valence-electron chi connectivity index (χ0n) is 14.4. The number of halogens is 2. The van der Waals surface area contributed by atoms with Gasteiger partial charge < -0.3 is 9.64 Å². The first kappa shape index (κ1) is 19.7. The molecule has 0 spiro atoms. The van der Waals surface area contributed by atoms with Gasteiger partial charge >= 0.3 is 5.97 Å². The fourth-order valence-corrected chi connectivity index (χ4v) is 4.38. The van der Waals surface area contributed by atoms with E-state index in [-0.39, 0.29) is 13.2 Å². The molecule has 1 aliphatic rings. The second-order valence-corrected chi connectivity index (χ2v) is 9.27. The Balaban J connectivity index is 2.20. The highest BCUT2D eigenvalue weighted by atomic mass is 35.7. The summed E-state index contributed by atoms with van der Waals surface area (Å²) in [6.45, 7) is 1.47. The summed E-state index contributed by atoms with van der Waals surface area (Å²) in [5, 5.41) is 0.547. The van der Waals surface area contributed by atoms with Gasteiger partial charge in [0.15, 0.2) is 0 Å². The van der Waals surface area contributed by atoms with Crippen molar-refractivity contribution in [3.63, 3.8) is 0 Å². The summed E-state index contributed by atoms with van der Waals surface area (Å²) in [4.78, 5) is 14.4. The van der Waals surface area contributed by atoms with Crippen LogP contribution in [0.15, 0.2) is 60.7 Å². The van der Waals surface area contributed by atoms with Crippen LogP contribution in [0.3, 0.4) is 0 Å². The van der Waals surface area contributed by atoms with Gasteiger partial charge in [0.1, 0.15) is 0 Å². The van der Waals surface area contributed by atoms with Crippen molar-refractivity contribution >= 4 is 48.7 Å². The molecule has 0 bridgehead atoms. The third kappa shape index (κ3) is 3.70. The van der Waals surface area contributed by atoms with E-state index in [9.17, 15) is 13.2 Å². The highest BCUT2D eigenvalue weighted by Gasteiger charge is 2.55. The van der Waals surface area contributed by atoms with Crippen LogP contribution in [0.1, 0.15) is 12.5 Å². The summed E-state index contributed by atoms with van der Waals surface area (Å²) in [6.07, 6.45) is 1.36. The number of benzene rings is 2. The van der Waals surface area contributed by atoms with Crippen molar-refractivity contribution in [3.8, 4) is 0 Å². The molecule has 142 valence electrons. The number of para-hydroxylation sites is 1. The number of hydrogen-bond acceptors (Lipinski definition) is 5. The fraction of sp³-hybridized carbons (Fsp3) is 0.211. The molecular formula is C19H17Cl2NO4S. The van der Waals surface area contributed by atoms with Gasteiger partial charge in [0.25, 0.3) is 9.05 Å². The number of anilines is 1. The Kier molecular flexibility index (Phi) is 5.51. The minimum atomic E-state index is -4.32. The molecule has 5 nitrogen and oxygen atoms in total. The van der Waals surface area contributed by atoms with Crippen LogP contribution in [0.25, 0.3) is 5.70 Å². The molecule has 1 unspecified atom stereocenters. The van der Waals surface area contributed by atoms with Gasteiger partial charge in [-0.15, -0.1) is 0 Å². The summed E-state index contributed by atoms with van der Waals surface area (Å²) in [6, 6.07) is 16.1. The van der Waals surface area contributed by atoms with E-state index in [1.165, 1.54) is 6.08 Å². The zero-order chi connectivity index (χ0) is 19.7. The molecule has 0 aromatic heterocycles. The van der Waals surface area contributed by atoms with Crippen molar-refractivity contribution in [3.05, 3.63) is 71.3 Å². The quantitative estimate of drug-likeness (QED) is 0.533. The molecule has 0 fully saturated rings. The molecule has 0 N–H and O–H groups in total. The number of ether oxygens (including phenoxy) is 1. The lowest BCUT2D eigenvalue weighted by atomic mass is 10.1. The Labute approximate surface area is 167 Å². The van der Waals surface area contributed by atoms with Crippen LogP contribution in [0.4, 0.5) is 5.69 Å². The van der Waals surface area contributed by atoms with E-state index in [0.29, 0.717) is 16.3 Å². The molecule has 0 amide bonds. The lowest BCUT2D eigenvalue weighted by Crippen LogP contribution is -2.48. The predicted molar refractivity (Wildman–Crippen MR) is 107 cm³/mol. The molecule has 1 atom stereocenters. The van der Waals surface area contributed by atoms with E-state index in [2.05, 4.69) is 0 Å². The van der Waals surface area contributed by atoms with E-state index < -0.39 is 19.8 Å². The largest absolute Gasteiger partial charge is 0.464 e. The van der Waals surface area contributed by atoms with E-state index in [1.54, 1.807) is 36.1 Å². The van der Waals surface area contributed by atoms with Crippen LogP contribution in [0.5, 0.6) is 0 Å². The fourth-order valence-electron chi connectivity index (χ4n) is 2.99. The maximum atomic E-state index is 12.6. The molecule has 27 heavy (non-hydrogen) atoms. The van der Waals surface area contributed by atoms with Crippen molar-refractivity contribution < 1.29 is 17.9 Å². The normalized spacial score (nSPS) is 19.7. The zero-order valence-corrected chi connectivity index (χ0v) is 16.8. The van der Waals surface area contributed by atoms with Gasteiger partial charge in [-0.2, -0.15) is 0 Å². The van der Waals surface area contributed by atoms with E-state index in [4.69, 9.17) is 27.0 Å². The highest BCUT2D eigenvalue weighted by Crippen LogP contribution is 2.41. The van der Waals surface area contributed by atoms with Gasteiger partial charge in [-0.05, 0) is 42.8 Å². The molecule has 0 saturated heterocycles. The van der Waals surface area contributed by atoms with Gasteiger partial charge in [-0.25, -0.2) is 13.2 Å². The van der Waals surface area contributed by atoms with Crippen LogP contribution in [-0.2, 0) is 18.6 Å². The summed E-state index contributed by atoms with van der Waals surface area (Å²) in [5.41, 5.74) is 1.97. The average molecular weight is 426 g/mol. The van der Waals surface area contributed by atoms with E-state index in [1.807, 2.05) is 30.3 Å². The van der Waals surface area contributed by atoms with Crippen LogP contribution in [-0.4, -0.2) is 32.3 Å². The minimum Gasteiger partial charge on any atom is -0.464 e. The summed E-state index contributed by atoms with van der Waals surface area (Å²) < 4.78 is 27.9. The Bertz CT molecular complexity index is 975. The number of carbonyl (C=O) groups excluding carboxylic acids is 1. The monoisotopic (exact) mass is 425 g/mol. The molecule has 2 aromatic rings. The molecule has 1 heterocycles. The van der Waals surface area contributed by atoms with E-state index in [0.717, 1.165) is 5.69 Å². The Hall–Kier alpha value is -2.02. The van der Waals surface area contributed by atoms with Crippen LogP contribution >= 0.6 is 22.3 Å². The number of esters is 1. The first-order valence-corrected chi connectivity index (χ1v) is 10.9. The summed E-state index contributed by atoms with van der Waals surface area (Å²) in [5.74, 6) is -0.898. The van der Waals surface area contributed by atoms with Crippen LogP contribution in [0.2, 0.25) is 5.02 Å². The molecule has 0 aliphatic carbocycles. The first-order chi connectivity index (χ1) is 12.8. The van der Waals surface area contributed by atoms with Crippen molar-refractivity contribution in [1.29, 1.82) is 0 Å². The second-order valence-electron chi connectivity index (χ2n) is 6.01. The van der Waals surface area contributed by atoms with Crippen LogP contribution in [0, 0.1) is 0 Å². The molecule has 0 saturated carbocycles. The highest BCUT2D eigenvalue weighted by molar-refractivity contribution is 8.15. The Morgan fingerprint density at radius 3 is 2.33 bits per heavy atom. The van der Waals surface area contributed by atoms with Crippen molar-refractivity contribution in [2.75, 3.05) is 18.1 Å². The van der Waals surface area contributed by atoms with E-state index >= 15 is 0 Å². The van der Waals surface area contributed by atoms with Crippen molar-refractivity contribution in [2.45, 2.75) is 11.7 Å². The predicted octanol–water partition coefficient (Wildman–Crippen LogP) is 4.07. The number of carbonyl (C=O) groups is 1. The Morgan fingerprint density at radius 2 is 1.78 bits per heavy atom. The smallest absolute Gasteiger partial charge is 0.334 e. The standard InChI is InChI=1S/C19H17Cl2NO4S/c1-2-26-18(23)19(27(21,24)25)12-17(14-8-10-15(20)11-9-14)22(13-19)16-6-4-3-5-7-16/h3-12H,2,13H2,1H3. The maximum absolute atomic E-state index is 12.6. The van der Waals surface area contributed by atoms with Crippen LogP contribution < -0.4 is 4.90 Å². The molecule has 3 rings (SSSR count). The van der Waals surface area contributed by atoms with Gasteiger partial charge in [0.2, 0.25) is 4.75 Å². The molecule has 2 aromatic carbocycles. The van der Waals surface area contributed by atoms with Gasteiger partial charge in [-0.1, -0.05) is 41.9 Å². The number of rotatable bonds is 5. The molecule has 1 aliphatic heterocycles. The number of nitrogens with zero attached hydrogens (tertiary/aromatic N) is 1. The topological polar surface area (TPSA) is 63.7 Å². The summed E-state index contributed by atoms with van der Waals surface area (Å²) in [7, 11) is 1.41. The van der Waals surface area contributed by atoms with Crippen molar-refractivity contribution in [2.24, 2.45) is 0 Å². The summed E-state index contributed by atoms with van der Waals surface area (Å²) >= 11 is 5.97. The lowest BCUT2D eigenvalue weighted by molar-refractivity contribution is -0.144. The maximum Gasteiger partial charge on any atom is 0.334 e. The molecule has 0 radical (unpaired) electrons. The molecule has 8 heteroatoms. The Morgan fingerprint density at radius 1 is 1.15 bits per heavy atom. The van der Waals surface area contributed by atoms with Gasteiger partial charge in [0.05, 0.1) is 13.2 Å². The SMILES string of the molecule is CCOC(=O)C1(S(=O)(=O)Cl)C=C(c2ccc(Cl)cc2)N(c2ccccc2)C1.